The second-order valence-electron chi connectivity index (χ2n) is 4.01. The van der Waals surface area contributed by atoms with E-state index >= 15 is 0 Å². The number of oxime groups is 1. The van der Waals surface area contributed by atoms with Crippen LogP contribution in [0.5, 0.6) is 0 Å². The van der Waals surface area contributed by atoms with Gasteiger partial charge in [0.05, 0.1) is 10.6 Å². The molecular weight excluding hydrogens is 360 g/mol. The predicted octanol–water partition coefficient (Wildman–Crippen LogP) is 5.34. The molecule has 9 heteroatoms. The van der Waals surface area contributed by atoms with Gasteiger partial charge in [0.1, 0.15) is 5.69 Å². The van der Waals surface area contributed by atoms with Gasteiger partial charge in [-0.3, -0.25) is 4.98 Å². The number of nitrogens with zero attached hydrogens (tertiary/aromatic N) is 2. The van der Waals surface area contributed by atoms with E-state index in [1.54, 1.807) is 24.3 Å². The molecule has 1 N–H and O–H groups in total. The molecule has 0 aliphatic carbocycles. The normalized spacial score (nSPS) is 12.5. The van der Waals surface area contributed by atoms with Crippen molar-refractivity contribution in [3.05, 3.63) is 57.8 Å². The molecule has 2 rings (SSSR count). The third-order valence-corrected chi connectivity index (χ3v) is 4.01. The van der Waals surface area contributed by atoms with Crippen LogP contribution < -0.4 is 0 Å². The first kappa shape index (κ1) is 16.9. The molecule has 0 radical (unpaired) electrons. The summed E-state index contributed by atoms with van der Waals surface area (Å²) in [5, 5.41) is 12.4. The topological polar surface area (TPSA) is 45.5 Å². The highest BCUT2D eigenvalue weighted by Gasteiger charge is 2.32. The van der Waals surface area contributed by atoms with Gasteiger partial charge in [0, 0.05) is 16.1 Å². The lowest BCUT2D eigenvalue weighted by Crippen LogP contribution is -2.08. The summed E-state index contributed by atoms with van der Waals surface area (Å²) in [7, 11) is 0. The number of rotatable bonds is 2. The van der Waals surface area contributed by atoms with Crippen LogP contribution in [0.4, 0.5) is 13.2 Å². The average molecular weight is 367 g/mol. The molecule has 1 aromatic carbocycles. The minimum absolute atomic E-state index is 0.0268. The van der Waals surface area contributed by atoms with Gasteiger partial charge in [-0.1, -0.05) is 40.1 Å². The fraction of sp³-hybridized carbons (Fsp3) is 0.0769. The van der Waals surface area contributed by atoms with Gasteiger partial charge in [-0.25, -0.2) is 0 Å². The lowest BCUT2D eigenvalue weighted by Gasteiger charge is -2.09. The van der Waals surface area contributed by atoms with Crippen molar-refractivity contribution in [2.45, 2.75) is 11.1 Å². The van der Waals surface area contributed by atoms with Gasteiger partial charge in [-0.05, 0) is 30.3 Å². The first-order valence-corrected chi connectivity index (χ1v) is 7.27. The second-order valence-corrected chi connectivity index (χ2v) is 5.92. The molecule has 0 amide bonds. The Bertz CT molecular complexity index is 705. The Kier molecular flexibility index (Phi) is 5.20. The van der Waals surface area contributed by atoms with E-state index < -0.39 is 11.7 Å². The summed E-state index contributed by atoms with van der Waals surface area (Å²) >= 11 is 12.6. The quantitative estimate of drug-likeness (QED) is 0.256. The lowest BCUT2D eigenvalue weighted by atomic mass is 10.2. The van der Waals surface area contributed by atoms with Crippen LogP contribution in [0.2, 0.25) is 10.0 Å². The number of benzene rings is 1. The monoisotopic (exact) mass is 366 g/mol. The molecule has 1 heterocycles. The standard InChI is InChI=1S/C13H7Cl2F3N2OS/c14-8-1-3-9(4-2-8)22-12(20-21)11-10(15)5-7(6-19-11)13(16,17)18/h1-6,21H/b20-12-. The summed E-state index contributed by atoms with van der Waals surface area (Å²) in [5.74, 6) is 0. The van der Waals surface area contributed by atoms with E-state index in [1.807, 2.05) is 0 Å². The maximum Gasteiger partial charge on any atom is 0.417 e. The smallest absolute Gasteiger partial charge is 0.410 e. The highest BCUT2D eigenvalue weighted by molar-refractivity contribution is 8.14. The number of hydrogen-bond donors (Lipinski definition) is 1. The summed E-state index contributed by atoms with van der Waals surface area (Å²) in [6.45, 7) is 0. The van der Waals surface area contributed by atoms with Gasteiger partial charge < -0.3 is 5.21 Å². The summed E-state index contributed by atoms with van der Waals surface area (Å²) in [6.07, 6.45) is -3.91. The third-order valence-electron chi connectivity index (χ3n) is 2.49. The van der Waals surface area contributed by atoms with Crippen molar-refractivity contribution in [3.63, 3.8) is 0 Å². The van der Waals surface area contributed by atoms with E-state index in [9.17, 15) is 13.2 Å². The SMILES string of the molecule is O/N=C(\Sc1ccc(Cl)cc1)c1ncc(C(F)(F)F)cc1Cl. The largest absolute Gasteiger partial charge is 0.417 e. The zero-order valence-electron chi connectivity index (χ0n) is 10.6. The first-order chi connectivity index (χ1) is 10.3. The van der Waals surface area contributed by atoms with E-state index in [0.29, 0.717) is 16.1 Å². The van der Waals surface area contributed by atoms with Gasteiger partial charge in [-0.2, -0.15) is 13.2 Å². The Labute approximate surface area is 137 Å². The fourth-order valence-corrected chi connectivity index (χ4v) is 2.71. The summed E-state index contributed by atoms with van der Waals surface area (Å²) in [5.41, 5.74) is -1.02. The molecule has 0 unspecified atom stereocenters. The number of aromatic nitrogens is 1. The van der Waals surface area contributed by atoms with Crippen LogP contribution >= 0.6 is 35.0 Å². The Morgan fingerprint density at radius 3 is 2.32 bits per heavy atom. The van der Waals surface area contributed by atoms with Crippen molar-refractivity contribution in [1.82, 2.24) is 4.98 Å². The molecular formula is C13H7Cl2F3N2OS. The van der Waals surface area contributed by atoms with Crippen molar-refractivity contribution in [2.75, 3.05) is 0 Å². The molecule has 116 valence electrons. The number of pyridine rings is 1. The second kappa shape index (κ2) is 6.76. The molecule has 1 aromatic heterocycles. The molecule has 0 bridgehead atoms. The van der Waals surface area contributed by atoms with Crippen LogP contribution in [0.3, 0.4) is 0 Å². The number of hydrogen-bond acceptors (Lipinski definition) is 4. The van der Waals surface area contributed by atoms with E-state index in [1.165, 1.54) is 0 Å². The summed E-state index contributed by atoms with van der Waals surface area (Å²) in [6, 6.07) is 7.31. The highest BCUT2D eigenvalue weighted by atomic mass is 35.5. The van der Waals surface area contributed by atoms with Crippen LogP contribution in [-0.4, -0.2) is 15.2 Å². The van der Waals surface area contributed by atoms with Crippen LogP contribution in [0.25, 0.3) is 0 Å². The van der Waals surface area contributed by atoms with E-state index in [-0.39, 0.29) is 15.8 Å². The molecule has 0 aliphatic heterocycles. The lowest BCUT2D eigenvalue weighted by molar-refractivity contribution is -0.137. The molecule has 22 heavy (non-hydrogen) atoms. The minimum atomic E-state index is -4.55. The maximum atomic E-state index is 12.6. The Hall–Kier alpha value is -1.44. The van der Waals surface area contributed by atoms with Crippen molar-refractivity contribution >= 4 is 40.0 Å². The highest BCUT2D eigenvalue weighted by Crippen LogP contribution is 2.33. The molecule has 0 saturated carbocycles. The van der Waals surface area contributed by atoms with Crippen molar-refractivity contribution < 1.29 is 18.4 Å². The van der Waals surface area contributed by atoms with Crippen LogP contribution in [0.15, 0.2) is 46.6 Å². The Balaban J connectivity index is 2.30. The van der Waals surface area contributed by atoms with Gasteiger partial charge in [0.25, 0.3) is 0 Å². The van der Waals surface area contributed by atoms with Crippen LogP contribution in [0, 0.1) is 0 Å². The van der Waals surface area contributed by atoms with Crippen molar-refractivity contribution in [1.29, 1.82) is 0 Å². The predicted molar refractivity (Wildman–Crippen MR) is 79.9 cm³/mol. The molecule has 0 fully saturated rings. The van der Waals surface area contributed by atoms with Gasteiger partial charge in [0.2, 0.25) is 0 Å². The molecule has 3 nitrogen and oxygen atoms in total. The molecule has 0 saturated heterocycles. The summed E-state index contributed by atoms with van der Waals surface area (Å²) < 4.78 is 37.7. The maximum absolute atomic E-state index is 12.6. The molecule has 0 spiro atoms. The average Bonchev–Trinajstić information content (AvgIpc) is 2.46. The Morgan fingerprint density at radius 2 is 1.82 bits per heavy atom. The summed E-state index contributed by atoms with van der Waals surface area (Å²) in [4.78, 5) is 4.30. The molecule has 2 aromatic rings. The van der Waals surface area contributed by atoms with Gasteiger partial charge in [0.15, 0.2) is 5.04 Å². The van der Waals surface area contributed by atoms with Crippen molar-refractivity contribution in [2.24, 2.45) is 5.16 Å². The Morgan fingerprint density at radius 1 is 1.18 bits per heavy atom. The number of thioether (sulfide) groups is 1. The van der Waals surface area contributed by atoms with Crippen LogP contribution in [0.1, 0.15) is 11.3 Å². The number of halogens is 5. The molecule has 0 atom stereocenters. The zero-order chi connectivity index (χ0) is 16.3. The van der Waals surface area contributed by atoms with Crippen LogP contribution in [-0.2, 0) is 6.18 Å². The minimum Gasteiger partial charge on any atom is -0.410 e. The third kappa shape index (κ3) is 4.06. The van der Waals surface area contributed by atoms with E-state index in [4.69, 9.17) is 28.4 Å². The van der Waals surface area contributed by atoms with Gasteiger partial charge >= 0.3 is 6.18 Å². The molecule has 0 aliphatic rings. The number of alkyl halides is 3. The van der Waals surface area contributed by atoms with E-state index in [2.05, 4.69) is 10.1 Å². The van der Waals surface area contributed by atoms with Crippen molar-refractivity contribution in [3.8, 4) is 0 Å². The fourth-order valence-electron chi connectivity index (χ4n) is 1.48. The first-order valence-electron chi connectivity index (χ1n) is 5.70. The van der Waals surface area contributed by atoms with E-state index in [0.717, 1.165) is 17.8 Å². The zero-order valence-corrected chi connectivity index (χ0v) is 12.9. The van der Waals surface area contributed by atoms with Gasteiger partial charge in [-0.15, -0.1) is 0 Å².